The second kappa shape index (κ2) is 5.77. The predicted molar refractivity (Wildman–Crippen MR) is 76.5 cm³/mol. The number of nitrogens with one attached hydrogen (secondary N) is 1. The highest BCUT2D eigenvalue weighted by atomic mass is 35.5. The molecule has 2 heterocycles. The van der Waals surface area contributed by atoms with Gasteiger partial charge in [0.25, 0.3) is 0 Å². The molecule has 0 unspecified atom stereocenters. The van der Waals surface area contributed by atoms with Crippen molar-refractivity contribution < 1.29 is 4.52 Å². The Morgan fingerprint density at radius 3 is 2.63 bits per heavy atom. The van der Waals surface area contributed by atoms with Crippen LogP contribution in [0.25, 0.3) is 0 Å². The summed E-state index contributed by atoms with van der Waals surface area (Å²) in [6.45, 7) is 3.62. The third-order valence-electron chi connectivity index (χ3n) is 2.34. The molecule has 0 atom stereocenters. The summed E-state index contributed by atoms with van der Waals surface area (Å²) in [5, 5.41) is 8.59. The Kier molecular flexibility index (Phi) is 4.29. The molecule has 2 rings (SSSR count). The maximum atomic E-state index is 5.95. The minimum Gasteiger partial charge on any atom is -0.361 e. The van der Waals surface area contributed by atoms with Crippen LogP contribution in [-0.4, -0.2) is 16.4 Å². The van der Waals surface area contributed by atoms with E-state index in [0.717, 1.165) is 11.3 Å². The van der Waals surface area contributed by atoms with Gasteiger partial charge in [0.1, 0.15) is 10.9 Å². The Morgan fingerprint density at radius 2 is 2.00 bits per heavy atom. The number of halogens is 3. The molecule has 8 heteroatoms. The maximum absolute atomic E-state index is 5.95. The van der Waals surface area contributed by atoms with Crippen LogP contribution in [0.5, 0.6) is 0 Å². The molecule has 0 saturated carbocycles. The molecular formula is C11H9Cl3N4O. The average molecular weight is 320 g/mol. The summed E-state index contributed by atoms with van der Waals surface area (Å²) in [6, 6.07) is 1.49. The Bertz CT molecular complexity index is 620. The molecule has 2 aromatic heterocycles. The SMILES string of the molecule is Cc1noc(C)c1C=NNc1nc(Cl)c(Cl)cc1Cl. The number of hydrogen-bond acceptors (Lipinski definition) is 5. The van der Waals surface area contributed by atoms with Gasteiger partial charge in [-0.2, -0.15) is 5.10 Å². The molecular weight excluding hydrogens is 311 g/mol. The molecule has 0 saturated heterocycles. The van der Waals surface area contributed by atoms with Gasteiger partial charge in [0.2, 0.25) is 0 Å². The highest BCUT2D eigenvalue weighted by Crippen LogP contribution is 2.28. The average Bonchev–Trinajstić information content (AvgIpc) is 2.67. The van der Waals surface area contributed by atoms with Crippen LogP contribution in [0.1, 0.15) is 17.0 Å². The first kappa shape index (κ1) is 14.1. The molecule has 0 fully saturated rings. The van der Waals surface area contributed by atoms with Gasteiger partial charge in [-0.3, -0.25) is 5.43 Å². The van der Waals surface area contributed by atoms with Gasteiger partial charge in [0.05, 0.1) is 27.5 Å². The Balaban J connectivity index is 2.17. The number of hydrazone groups is 1. The van der Waals surface area contributed by atoms with Crippen molar-refractivity contribution >= 4 is 46.8 Å². The highest BCUT2D eigenvalue weighted by molar-refractivity contribution is 6.42. The monoisotopic (exact) mass is 318 g/mol. The van der Waals surface area contributed by atoms with E-state index in [2.05, 4.69) is 20.7 Å². The van der Waals surface area contributed by atoms with Crippen LogP contribution < -0.4 is 5.43 Å². The van der Waals surface area contributed by atoms with Crippen LogP contribution in [0.2, 0.25) is 15.2 Å². The van der Waals surface area contributed by atoms with Crippen molar-refractivity contribution in [1.29, 1.82) is 0 Å². The van der Waals surface area contributed by atoms with Crippen molar-refractivity contribution in [3.63, 3.8) is 0 Å². The molecule has 0 spiro atoms. The zero-order chi connectivity index (χ0) is 14.0. The molecule has 0 bridgehead atoms. The van der Waals surface area contributed by atoms with Gasteiger partial charge in [-0.15, -0.1) is 0 Å². The van der Waals surface area contributed by atoms with Crippen LogP contribution in [0.3, 0.4) is 0 Å². The molecule has 100 valence electrons. The quantitative estimate of drug-likeness (QED) is 0.526. The summed E-state index contributed by atoms with van der Waals surface area (Å²) in [6.07, 6.45) is 1.57. The third-order valence-corrected chi connectivity index (χ3v) is 3.30. The molecule has 0 aromatic carbocycles. The summed E-state index contributed by atoms with van der Waals surface area (Å²) in [5.74, 6) is 0.996. The topological polar surface area (TPSA) is 63.3 Å². The van der Waals surface area contributed by atoms with E-state index in [4.69, 9.17) is 39.3 Å². The number of aryl methyl sites for hydroxylation is 2. The lowest BCUT2D eigenvalue weighted by Crippen LogP contribution is -1.96. The molecule has 0 radical (unpaired) electrons. The number of rotatable bonds is 3. The molecule has 5 nitrogen and oxygen atoms in total. The number of hydrogen-bond donors (Lipinski definition) is 1. The number of aromatic nitrogens is 2. The normalized spacial score (nSPS) is 11.2. The van der Waals surface area contributed by atoms with E-state index < -0.39 is 0 Å². The summed E-state index contributed by atoms with van der Waals surface area (Å²) in [7, 11) is 0. The Labute approximate surface area is 124 Å². The van der Waals surface area contributed by atoms with E-state index in [1.54, 1.807) is 13.1 Å². The maximum Gasteiger partial charge on any atom is 0.166 e. The van der Waals surface area contributed by atoms with Gasteiger partial charge >= 0.3 is 0 Å². The Hall–Kier alpha value is -1.30. The third kappa shape index (κ3) is 3.18. The van der Waals surface area contributed by atoms with Crippen LogP contribution >= 0.6 is 34.8 Å². The largest absolute Gasteiger partial charge is 0.361 e. The van der Waals surface area contributed by atoms with Crippen LogP contribution in [-0.2, 0) is 0 Å². The molecule has 0 amide bonds. The fourth-order valence-corrected chi connectivity index (χ4v) is 1.89. The van der Waals surface area contributed by atoms with Crippen LogP contribution in [0.4, 0.5) is 5.82 Å². The van der Waals surface area contributed by atoms with Gasteiger partial charge in [-0.25, -0.2) is 4.98 Å². The zero-order valence-corrected chi connectivity index (χ0v) is 12.3. The number of nitrogens with zero attached hydrogens (tertiary/aromatic N) is 3. The van der Waals surface area contributed by atoms with Gasteiger partial charge in [0, 0.05) is 0 Å². The summed E-state index contributed by atoms with van der Waals surface area (Å²) in [5.41, 5.74) is 4.23. The van der Waals surface area contributed by atoms with Gasteiger partial charge < -0.3 is 4.52 Å². The summed E-state index contributed by atoms with van der Waals surface area (Å²) < 4.78 is 5.01. The predicted octanol–water partition coefficient (Wildman–Crippen LogP) is 4.09. The molecule has 2 aromatic rings. The minimum atomic E-state index is 0.154. The van der Waals surface area contributed by atoms with Crippen molar-refractivity contribution in [2.45, 2.75) is 13.8 Å². The standard InChI is InChI=1S/C11H9Cl3N4O/c1-5-7(6(2)19-18-5)4-15-17-11-9(13)3-8(12)10(14)16-11/h3-4H,1-2H3,(H,16,17). The van der Waals surface area contributed by atoms with E-state index in [9.17, 15) is 0 Å². The van der Waals surface area contributed by atoms with Crippen LogP contribution in [0.15, 0.2) is 15.7 Å². The summed E-state index contributed by atoms with van der Waals surface area (Å²) in [4.78, 5) is 3.97. The minimum absolute atomic E-state index is 0.154. The second-order valence-electron chi connectivity index (χ2n) is 3.70. The molecule has 19 heavy (non-hydrogen) atoms. The first-order valence-corrected chi connectivity index (χ1v) is 6.36. The first-order valence-electron chi connectivity index (χ1n) is 5.22. The lowest BCUT2D eigenvalue weighted by molar-refractivity contribution is 0.393. The van der Waals surface area contributed by atoms with Crippen molar-refractivity contribution in [3.8, 4) is 0 Å². The van der Waals surface area contributed by atoms with E-state index >= 15 is 0 Å². The zero-order valence-electron chi connectivity index (χ0n) is 10.0. The number of pyridine rings is 1. The van der Waals surface area contributed by atoms with Crippen LogP contribution in [0, 0.1) is 13.8 Å². The van der Waals surface area contributed by atoms with Gasteiger partial charge in [0.15, 0.2) is 5.82 Å². The lowest BCUT2D eigenvalue weighted by Gasteiger charge is -2.03. The Morgan fingerprint density at radius 1 is 1.26 bits per heavy atom. The second-order valence-corrected chi connectivity index (χ2v) is 4.87. The van der Waals surface area contributed by atoms with E-state index in [1.807, 2.05) is 6.92 Å². The summed E-state index contributed by atoms with van der Waals surface area (Å²) >= 11 is 17.5. The highest BCUT2D eigenvalue weighted by Gasteiger charge is 2.08. The van der Waals surface area contributed by atoms with Crippen molar-refractivity contribution in [2.75, 3.05) is 5.43 Å². The first-order chi connectivity index (χ1) is 8.99. The van der Waals surface area contributed by atoms with E-state index in [0.29, 0.717) is 16.6 Å². The van der Waals surface area contributed by atoms with Gasteiger partial charge in [-0.1, -0.05) is 40.0 Å². The fraction of sp³-hybridized carbons (Fsp3) is 0.182. The van der Waals surface area contributed by atoms with E-state index in [1.165, 1.54) is 6.07 Å². The molecule has 0 aliphatic carbocycles. The lowest BCUT2D eigenvalue weighted by atomic mass is 10.2. The molecule has 0 aliphatic heterocycles. The molecule has 1 N–H and O–H groups in total. The van der Waals surface area contributed by atoms with Crippen molar-refractivity contribution in [2.24, 2.45) is 5.10 Å². The fourth-order valence-electron chi connectivity index (χ4n) is 1.35. The smallest absolute Gasteiger partial charge is 0.166 e. The molecule has 0 aliphatic rings. The van der Waals surface area contributed by atoms with Gasteiger partial charge in [-0.05, 0) is 19.9 Å². The van der Waals surface area contributed by atoms with Crippen molar-refractivity contribution in [3.05, 3.63) is 38.3 Å². The van der Waals surface area contributed by atoms with Crippen molar-refractivity contribution in [1.82, 2.24) is 10.1 Å². The van der Waals surface area contributed by atoms with E-state index in [-0.39, 0.29) is 10.2 Å². The number of anilines is 1.